The Morgan fingerprint density at radius 2 is 2.29 bits per heavy atom. The number of rotatable bonds is 6. The monoisotopic (exact) mass is 234 g/mol. The molecule has 1 fully saturated rings. The van der Waals surface area contributed by atoms with E-state index in [0.29, 0.717) is 12.5 Å². The van der Waals surface area contributed by atoms with Gasteiger partial charge in [0.2, 0.25) is 0 Å². The molecule has 0 saturated heterocycles. The Labute approximate surface area is 101 Å². The molecule has 92 valence electrons. The lowest BCUT2D eigenvalue weighted by atomic mass is 9.90. The number of carboxylic acids is 1. The first kappa shape index (κ1) is 12.1. The van der Waals surface area contributed by atoms with Gasteiger partial charge in [-0.2, -0.15) is 0 Å². The molecule has 0 bridgehead atoms. The van der Waals surface area contributed by atoms with Gasteiger partial charge in [0.25, 0.3) is 0 Å². The fraction of sp³-hybridized carbons (Fsp3) is 0.500. The SMILES string of the molecule is COCc1cccc(C(CC(=O)O)C2CC2)c1. The van der Waals surface area contributed by atoms with Crippen LogP contribution >= 0.6 is 0 Å². The standard InChI is InChI=1S/C14H18O3/c1-17-9-10-3-2-4-12(7-10)13(8-14(15)16)11-5-6-11/h2-4,7,11,13H,5-6,8-9H2,1H3,(H,15,16). The van der Waals surface area contributed by atoms with Crippen molar-refractivity contribution in [3.8, 4) is 0 Å². The van der Waals surface area contributed by atoms with E-state index in [-0.39, 0.29) is 12.3 Å². The number of hydrogen-bond acceptors (Lipinski definition) is 2. The van der Waals surface area contributed by atoms with E-state index in [1.165, 1.54) is 0 Å². The van der Waals surface area contributed by atoms with Crippen LogP contribution < -0.4 is 0 Å². The van der Waals surface area contributed by atoms with E-state index in [0.717, 1.165) is 24.0 Å². The molecule has 0 amide bonds. The normalized spacial score (nSPS) is 16.8. The largest absolute Gasteiger partial charge is 0.481 e. The zero-order valence-corrected chi connectivity index (χ0v) is 10.1. The average Bonchev–Trinajstić information content (AvgIpc) is 3.10. The van der Waals surface area contributed by atoms with E-state index in [4.69, 9.17) is 9.84 Å². The van der Waals surface area contributed by atoms with Gasteiger partial charge in [-0.05, 0) is 35.8 Å². The second-order valence-corrected chi connectivity index (χ2v) is 4.72. The molecule has 0 radical (unpaired) electrons. The summed E-state index contributed by atoms with van der Waals surface area (Å²) in [5.74, 6) is 0.0206. The van der Waals surface area contributed by atoms with Gasteiger partial charge in [0, 0.05) is 7.11 Å². The molecule has 0 aromatic heterocycles. The van der Waals surface area contributed by atoms with E-state index in [1.54, 1.807) is 7.11 Å². The summed E-state index contributed by atoms with van der Waals surface area (Å²) in [6.07, 6.45) is 2.56. The van der Waals surface area contributed by atoms with Crippen LogP contribution in [0.1, 0.15) is 36.3 Å². The summed E-state index contributed by atoms with van der Waals surface area (Å²) in [7, 11) is 1.67. The van der Waals surface area contributed by atoms with Crippen LogP contribution in [0.5, 0.6) is 0 Å². The number of ether oxygens (including phenoxy) is 1. The Morgan fingerprint density at radius 3 is 2.88 bits per heavy atom. The Bertz CT molecular complexity index is 396. The van der Waals surface area contributed by atoms with Gasteiger partial charge in [0.1, 0.15) is 0 Å². The highest BCUT2D eigenvalue weighted by Gasteiger charge is 2.33. The highest BCUT2D eigenvalue weighted by atomic mass is 16.5. The summed E-state index contributed by atoms with van der Waals surface area (Å²) in [5.41, 5.74) is 2.26. The topological polar surface area (TPSA) is 46.5 Å². The van der Waals surface area contributed by atoms with Gasteiger partial charge in [-0.25, -0.2) is 0 Å². The highest BCUT2D eigenvalue weighted by Crippen LogP contribution is 2.44. The van der Waals surface area contributed by atoms with E-state index >= 15 is 0 Å². The van der Waals surface area contributed by atoms with Crippen molar-refractivity contribution in [3.05, 3.63) is 35.4 Å². The lowest BCUT2D eigenvalue weighted by molar-refractivity contribution is -0.137. The van der Waals surface area contributed by atoms with Gasteiger partial charge in [0.05, 0.1) is 13.0 Å². The summed E-state index contributed by atoms with van der Waals surface area (Å²) in [6, 6.07) is 8.11. The van der Waals surface area contributed by atoms with E-state index < -0.39 is 5.97 Å². The summed E-state index contributed by atoms with van der Waals surface area (Å²) >= 11 is 0. The molecular weight excluding hydrogens is 216 g/mol. The summed E-state index contributed by atoms with van der Waals surface area (Å²) in [5, 5.41) is 8.97. The molecule has 1 aliphatic carbocycles. The Hall–Kier alpha value is -1.35. The van der Waals surface area contributed by atoms with Crippen molar-refractivity contribution >= 4 is 5.97 Å². The minimum atomic E-state index is -0.709. The first-order valence-corrected chi connectivity index (χ1v) is 6.00. The quantitative estimate of drug-likeness (QED) is 0.823. The summed E-state index contributed by atoms with van der Waals surface area (Å²) < 4.78 is 5.10. The van der Waals surface area contributed by atoms with Crippen LogP contribution in [-0.4, -0.2) is 18.2 Å². The highest BCUT2D eigenvalue weighted by molar-refractivity contribution is 5.68. The van der Waals surface area contributed by atoms with Crippen molar-refractivity contribution in [1.29, 1.82) is 0 Å². The first-order chi connectivity index (χ1) is 8.20. The van der Waals surface area contributed by atoms with Gasteiger partial charge in [-0.15, -0.1) is 0 Å². The molecule has 0 heterocycles. The minimum Gasteiger partial charge on any atom is -0.481 e. The third-order valence-electron chi connectivity index (χ3n) is 3.28. The zero-order valence-electron chi connectivity index (χ0n) is 10.1. The molecule has 1 aromatic rings. The van der Waals surface area contributed by atoms with Crippen LogP contribution in [0.15, 0.2) is 24.3 Å². The van der Waals surface area contributed by atoms with Crippen molar-refractivity contribution in [1.82, 2.24) is 0 Å². The van der Waals surface area contributed by atoms with Crippen molar-refractivity contribution in [2.75, 3.05) is 7.11 Å². The molecule has 1 unspecified atom stereocenters. The molecule has 1 aromatic carbocycles. The zero-order chi connectivity index (χ0) is 12.3. The molecule has 2 rings (SSSR count). The van der Waals surface area contributed by atoms with Crippen molar-refractivity contribution in [2.24, 2.45) is 5.92 Å². The second kappa shape index (κ2) is 5.32. The third kappa shape index (κ3) is 3.30. The minimum absolute atomic E-state index is 0.171. The van der Waals surface area contributed by atoms with E-state index in [2.05, 4.69) is 6.07 Å². The first-order valence-electron chi connectivity index (χ1n) is 6.00. The number of methoxy groups -OCH3 is 1. The number of carboxylic acid groups (broad SMARTS) is 1. The molecule has 0 aliphatic heterocycles. The second-order valence-electron chi connectivity index (χ2n) is 4.72. The maximum atomic E-state index is 10.9. The van der Waals surface area contributed by atoms with Crippen LogP contribution in [0.25, 0.3) is 0 Å². The summed E-state index contributed by atoms with van der Waals surface area (Å²) in [6.45, 7) is 0.582. The van der Waals surface area contributed by atoms with Gasteiger partial charge in [-0.3, -0.25) is 4.79 Å². The molecule has 1 saturated carbocycles. The Morgan fingerprint density at radius 1 is 1.53 bits per heavy atom. The van der Waals surface area contributed by atoms with Crippen LogP contribution in [-0.2, 0) is 16.1 Å². The Balaban J connectivity index is 2.16. The fourth-order valence-electron chi connectivity index (χ4n) is 2.32. The molecule has 0 spiro atoms. The fourth-order valence-corrected chi connectivity index (χ4v) is 2.32. The molecule has 1 aliphatic rings. The van der Waals surface area contributed by atoms with E-state index in [9.17, 15) is 4.79 Å². The van der Waals surface area contributed by atoms with Crippen molar-refractivity contribution < 1.29 is 14.6 Å². The molecule has 3 nitrogen and oxygen atoms in total. The molecule has 1 N–H and O–H groups in total. The van der Waals surface area contributed by atoms with Crippen LogP contribution in [0.4, 0.5) is 0 Å². The van der Waals surface area contributed by atoms with Gasteiger partial charge < -0.3 is 9.84 Å². The van der Waals surface area contributed by atoms with Gasteiger partial charge in [-0.1, -0.05) is 24.3 Å². The van der Waals surface area contributed by atoms with E-state index in [1.807, 2.05) is 18.2 Å². The van der Waals surface area contributed by atoms with Gasteiger partial charge in [0.15, 0.2) is 0 Å². The predicted octanol–water partition coefficient (Wildman–Crippen LogP) is 2.80. The molecule has 3 heteroatoms. The van der Waals surface area contributed by atoms with Crippen molar-refractivity contribution in [2.45, 2.75) is 31.8 Å². The molecule has 1 atom stereocenters. The lowest BCUT2D eigenvalue weighted by Crippen LogP contribution is -2.08. The van der Waals surface area contributed by atoms with Crippen molar-refractivity contribution in [3.63, 3.8) is 0 Å². The lowest BCUT2D eigenvalue weighted by Gasteiger charge is -2.15. The number of benzene rings is 1. The maximum absolute atomic E-state index is 10.9. The maximum Gasteiger partial charge on any atom is 0.303 e. The number of hydrogen-bond donors (Lipinski definition) is 1. The van der Waals surface area contributed by atoms with Crippen LogP contribution in [0.3, 0.4) is 0 Å². The van der Waals surface area contributed by atoms with Crippen LogP contribution in [0, 0.1) is 5.92 Å². The third-order valence-corrected chi connectivity index (χ3v) is 3.28. The molecular formula is C14H18O3. The number of aliphatic carboxylic acids is 1. The predicted molar refractivity (Wildman–Crippen MR) is 64.9 cm³/mol. The van der Waals surface area contributed by atoms with Crippen LogP contribution in [0.2, 0.25) is 0 Å². The smallest absolute Gasteiger partial charge is 0.303 e. The molecule has 17 heavy (non-hydrogen) atoms. The number of carbonyl (C=O) groups is 1. The van der Waals surface area contributed by atoms with Gasteiger partial charge >= 0.3 is 5.97 Å². The Kier molecular flexibility index (Phi) is 3.79. The summed E-state index contributed by atoms with van der Waals surface area (Å²) in [4.78, 5) is 10.9. The average molecular weight is 234 g/mol.